The number of carbonyl (C=O) groups excluding carboxylic acids is 1. The summed E-state index contributed by atoms with van der Waals surface area (Å²) in [6, 6.07) is 7.23. The van der Waals surface area contributed by atoms with E-state index in [4.69, 9.17) is 4.74 Å². The Labute approximate surface area is 178 Å². The predicted octanol–water partition coefficient (Wildman–Crippen LogP) is 2.39. The second-order valence-corrected chi connectivity index (χ2v) is 11.3. The number of benzene rings is 1. The Morgan fingerprint density at radius 2 is 1.67 bits per heavy atom. The number of rotatable bonds is 5. The van der Waals surface area contributed by atoms with Gasteiger partial charge in [-0.2, -0.15) is 12.7 Å². The van der Waals surface area contributed by atoms with E-state index in [-0.39, 0.29) is 18.5 Å². The maximum absolute atomic E-state index is 13.2. The van der Waals surface area contributed by atoms with Gasteiger partial charge in [-0.1, -0.05) is 0 Å². The molecule has 1 aromatic rings. The van der Waals surface area contributed by atoms with Crippen molar-refractivity contribution in [3.05, 3.63) is 24.3 Å². The topological polar surface area (TPSA) is 79.0 Å². The molecule has 1 aliphatic heterocycles. The molecule has 1 saturated heterocycles. The van der Waals surface area contributed by atoms with Crippen molar-refractivity contribution in [2.75, 3.05) is 31.0 Å². The van der Waals surface area contributed by atoms with Crippen molar-refractivity contribution in [3.63, 3.8) is 0 Å². The summed E-state index contributed by atoms with van der Waals surface area (Å²) >= 11 is 0. The van der Waals surface area contributed by atoms with Crippen molar-refractivity contribution in [3.8, 4) is 5.75 Å². The van der Waals surface area contributed by atoms with Crippen molar-refractivity contribution in [2.24, 2.45) is 23.7 Å². The van der Waals surface area contributed by atoms with Gasteiger partial charge in [-0.3, -0.25) is 9.10 Å². The minimum Gasteiger partial charge on any atom is -0.497 e. The number of amides is 1. The summed E-state index contributed by atoms with van der Waals surface area (Å²) < 4.78 is 34.2. The third-order valence-corrected chi connectivity index (χ3v) is 9.52. The van der Waals surface area contributed by atoms with E-state index in [1.165, 1.54) is 40.7 Å². The lowest BCUT2D eigenvalue weighted by molar-refractivity contribution is -0.125. The molecule has 1 N–H and O–H groups in total. The summed E-state index contributed by atoms with van der Waals surface area (Å²) in [6.07, 6.45) is 6.98. The zero-order valence-electron chi connectivity index (χ0n) is 17.5. The van der Waals surface area contributed by atoms with E-state index in [9.17, 15) is 13.2 Å². The van der Waals surface area contributed by atoms with Gasteiger partial charge >= 0.3 is 10.2 Å². The highest BCUT2D eigenvalue weighted by Gasteiger charge is 2.48. The van der Waals surface area contributed by atoms with Crippen LogP contribution in [-0.4, -0.2) is 51.4 Å². The lowest BCUT2D eigenvalue weighted by Gasteiger charge is -2.54. The molecule has 0 unspecified atom stereocenters. The number of carbonyl (C=O) groups is 1. The van der Waals surface area contributed by atoms with Gasteiger partial charge in [0.2, 0.25) is 5.91 Å². The summed E-state index contributed by atoms with van der Waals surface area (Å²) in [5.74, 6) is 3.38. The van der Waals surface area contributed by atoms with Crippen LogP contribution < -0.4 is 14.4 Å². The van der Waals surface area contributed by atoms with Gasteiger partial charge in [0.05, 0.1) is 19.3 Å². The van der Waals surface area contributed by atoms with Crippen molar-refractivity contribution >= 4 is 21.8 Å². The first-order valence-corrected chi connectivity index (χ1v) is 12.5. The minimum atomic E-state index is -3.73. The normalized spacial score (nSPS) is 34.7. The van der Waals surface area contributed by atoms with Crippen LogP contribution in [0, 0.1) is 23.7 Å². The highest BCUT2D eigenvalue weighted by Crippen LogP contribution is 2.53. The lowest BCUT2D eigenvalue weighted by Crippen LogP contribution is -2.58. The zero-order valence-corrected chi connectivity index (χ0v) is 18.3. The molecular formula is C22H31N3O4S. The summed E-state index contributed by atoms with van der Waals surface area (Å²) in [5.41, 5.74) is 0.599. The third-order valence-electron chi connectivity index (χ3n) is 7.61. The van der Waals surface area contributed by atoms with Gasteiger partial charge in [0.15, 0.2) is 0 Å². The molecule has 8 heteroatoms. The predicted molar refractivity (Wildman–Crippen MR) is 114 cm³/mol. The maximum atomic E-state index is 13.2. The molecule has 0 radical (unpaired) electrons. The van der Waals surface area contributed by atoms with Gasteiger partial charge in [-0.05, 0) is 86.5 Å². The molecule has 1 heterocycles. The van der Waals surface area contributed by atoms with Gasteiger partial charge < -0.3 is 10.1 Å². The summed E-state index contributed by atoms with van der Waals surface area (Å²) in [7, 11) is -2.15. The van der Waals surface area contributed by atoms with E-state index >= 15 is 0 Å². The van der Waals surface area contributed by atoms with Crippen LogP contribution in [0.1, 0.15) is 38.5 Å². The van der Waals surface area contributed by atoms with Crippen LogP contribution in [0.25, 0.3) is 0 Å². The molecular weight excluding hydrogens is 402 g/mol. The highest BCUT2D eigenvalue weighted by atomic mass is 32.2. The summed E-state index contributed by atoms with van der Waals surface area (Å²) in [4.78, 5) is 12.9. The molecule has 30 heavy (non-hydrogen) atoms. The molecule has 0 atom stereocenters. The fourth-order valence-corrected chi connectivity index (χ4v) is 8.15. The molecule has 5 fully saturated rings. The molecule has 164 valence electrons. The smallest absolute Gasteiger partial charge is 0.304 e. The monoisotopic (exact) mass is 433 g/mol. The second-order valence-electron chi connectivity index (χ2n) is 9.49. The Hall–Kier alpha value is -1.80. The van der Waals surface area contributed by atoms with E-state index in [1.54, 1.807) is 31.4 Å². The molecule has 0 spiro atoms. The van der Waals surface area contributed by atoms with Gasteiger partial charge in [0, 0.05) is 19.1 Å². The standard InChI is InChI=1S/C22H31N3O4S/c1-29-20-5-3-19(4-6-20)25-8-2-7-24(30(25,27)28)14-21(26)23-22-17-10-15-9-16(12-17)13-18(22)11-15/h3-6,15-18,22H,2,7-14H2,1H3,(H,23,26). The van der Waals surface area contributed by atoms with E-state index in [0.29, 0.717) is 42.8 Å². The number of nitrogens with one attached hydrogen (secondary N) is 1. The van der Waals surface area contributed by atoms with Crippen LogP contribution in [0.4, 0.5) is 5.69 Å². The SMILES string of the molecule is COc1ccc(N2CCCN(CC(=O)NC3C4CC5CC(C4)CC3C5)S2(=O)=O)cc1. The van der Waals surface area contributed by atoms with Crippen LogP contribution in [-0.2, 0) is 15.0 Å². The van der Waals surface area contributed by atoms with Crippen LogP contribution in [0.3, 0.4) is 0 Å². The summed E-state index contributed by atoms with van der Waals surface area (Å²) in [5, 5.41) is 3.24. The third kappa shape index (κ3) is 3.58. The molecule has 0 aromatic heterocycles. The Bertz CT molecular complexity index is 873. The second kappa shape index (κ2) is 7.71. The zero-order chi connectivity index (χ0) is 20.9. The highest BCUT2D eigenvalue weighted by molar-refractivity contribution is 7.90. The molecule has 1 aromatic carbocycles. The van der Waals surface area contributed by atoms with Crippen LogP contribution >= 0.6 is 0 Å². The first kappa shape index (κ1) is 20.1. The maximum Gasteiger partial charge on any atom is 0.304 e. The van der Waals surface area contributed by atoms with Gasteiger partial charge in [-0.15, -0.1) is 0 Å². The first-order chi connectivity index (χ1) is 14.4. The van der Waals surface area contributed by atoms with Crippen LogP contribution in [0.15, 0.2) is 24.3 Å². The number of methoxy groups -OCH3 is 1. The number of hydrogen-bond donors (Lipinski definition) is 1. The number of nitrogens with zero attached hydrogens (tertiary/aromatic N) is 2. The fourth-order valence-electron chi connectivity index (χ4n) is 6.48. The van der Waals surface area contributed by atoms with E-state index in [2.05, 4.69) is 5.32 Å². The van der Waals surface area contributed by atoms with Crippen molar-refractivity contribution in [2.45, 2.75) is 44.6 Å². The van der Waals surface area contributed by atoms with Gasteiger partial charge in [-0.25, -0.2) is 0 Å². The van der Waals surface area contributed by atoms with Crippen molar-refractivity contribution in [1.82, 2.24) is 9.62 Å². The van der Waals surface area contributed by atoms with Gasteiger partial charge in [0.1, 0.15) is 5.75 Å². The number of hydrogen-bond acceptors (Lipinski definition) is 4. The Morgan fingerprint density at radius 1 is 1.03 bits per heavy atom. The fraction of sp³-hybridized carbons (Fsp3) is 0.682. The largest absolute Gasteiger partial charge is 0.497 e. The molecule has 1 amide bonds. The number of ether oxygens (including phenoxy) is 1. The van der Waals surface area contributed by atoms with Crippen LogP contribution in [0.2, 0.25) is 0 Å². The molecule has 4 aliphatic carbocycles. The average molecular weight is 434 g/mol. The first-order valence-electron chi connectivity index (χ1n) is 11.2. The quantitative estimate of drug-likeness (QED) is 0.773. The van der Waals surface area contributed by atoms with Gasteiger partial charge in [0.25, 0.3) is 0 Å². The Morgan fingerprint density at radius 3 is 2.27 bits per heavy atom. The van der Waals surface area contributed by atoms with Crippen LogP contribution in [0.5, 0.6) is 5.75 Å². The molecule has 4 bridgehead atoms. The lowest BCUT2D eigenvalue weighted by atomic mass is 9.54. The summed E-state index contributed by atoms with van der Waals surface area (Å²) in [6.45, 7) is 0.699. The molecule has 6 rings (SSSR count). The van der Waals surface area contributed by atoms with Crippen molar-refractivity contribution in [1.29, 1.82) is 0 Å². The molecule has 5 aliphatic rings. The molecule has 7 nitrogen and oxygen atoms in total. The van der Waals surface area contributed by atoms with E-state index < -0.39 is 10.2 Å². The Balaban J connectivity index is 1.25. The Kier molecular flexibility index (Phi) is 5.17. The van der Waals surface area contributed by atoms with E-state index in [1.807, 2.05) is 0 Å². The average Bonchev–Trinajstić information content (AvgIpc) is 2.72. The number of anilines is 1. The molecule has 4 saturated carbocycles. The van der Waals surface area contributed by atoms with E-state index in [0.717, 1.165) is 11.8 Å². The van der Waals surface area contributed by atoms with Crippen molar-refractivity contribution < 1.29 is 17.9 Å². The minimum absolute atomic E-state index is 0.0994.